The van der Waals surface area contributed by atoms with E-state index in [1.165, 1.54) is 0 Å². The first-order valence-corrected chi connectivity index (χ1v) is 6.29. The minimum atomic E-state index is 0.00658. The number of amides is 1. The van der Waals surface area contributed by atoms with Gasteiger partial charge in [0.25, 0.3) is 0 Å². The third kappa shape index (κ3) is 5.85. The number of para-hydroxylation sites is 1. The van der Waals surface area contributed by atoms with Crippen LogP contribution in [0.4, 0.5) is 5.69 Å². The Morgan fingerprint density at radius 2 is 1.69 bits per heavy atom. The lowest BCUT2D eigenvalue weighted by Gasteiger charge is -2.03. The van der Waals surface area contributed by atoms with Gasteiger partial charge in [-0.05, 0) is 47.6 Å². The van der Waals surface area contributed by atoms with Crippen LogP contribution in [0.1, 0.15) is 25.7 Å². The molecule has 86 valence electrons. The van der Waals surface area contributed by atoms with Crippen molar-refractivity contribution >= 4 is 38.0 Å². The molecule has 0 aliphatic heterocycles. The molecular weight excluding hydrogens is 317 g/mol. The van der Waals surface area contributed by atoms with E-state index in [0.29, 0.717) is 12.8 Å². The Bertz CT molecular complexity index is 351. The zero-order chi connectivity index (χ0) is 11.8. The highest BCUT2D eigenvalue weighted by Crippen LogP contribution is 2.08. The summed E-state index contributed by atoms with van der Waals surface area (Å²) >= 11 is 1.78. The second-order valence-electron chi connectivity index (χ2n) is 3.48. The van der Waals surface area contributed by atoms with E-state index in [0.717, 1.165) is 18.5 Å². The largest absolute Gasteiger partial charge is 0.326 e. The van der Waals surface area contributed by atoms with Crippen molar-refractivity contribution in [1.29, 1.82) is 0 Å². The Morgan fingerprint density at radius 1 is 1.06 bits per heavy atom. The Morgan fingerprint density at radius 3 is 2.31 bits per heavy atom. The summed E-state index contributed by atoms with van der Waals surface area (Å²) < 4.78 is 0.154. The van der Waals surface area contributed by atoms with Crippen molar-refractivity contribution in [2.24, 2.45) is 0 Å². The van der Waals surface area contributed by atoms with E-state index in [1.54, 1.807) is 22.6 Å². The van der Waals surface area contributed by atoms with Gasteiger partial charge in [0, 0.05) is 18.5 Å². The fourth-order valence-electron chi connectivity index (χ4n) is 1.29. The fourth-order valence-corrected chi connectivity index (χ4v) is 1.68. The SMILES string of the molecule is O=C(I)CCCCC(=O)Nc1ccccc1. The molecule has 1 N–H and O–H groups in total. The number of rotatable bonds is 6. The molecule has 0 aliphatic rings. The van der Waals surface area contributed by atoms with Gasteiger partial charge in [0.2, 0.25) is 5.91 Å². The van der Waals surface area contributed by atoms with E-state index in [9.17, 15) is 9.59 Å². The lowest BCUT2D eigenvalue weighted by Crippen LogP contribution is -2.10. The van der Waals surface area contributed by atoms with Crippen molar-refractivity contribution in [1.82, 2.24) is 0 Å². The predicted molar refractivity (Wildman–Crippen MR) is 72.6 cm³/mol. The molecule has 0 spiro atoms. The zero-order valence-electron chi connectivity index (χ0n) is 8.91. The first-order valence-electron chi connectivity index (χ1n) is 5.22. The van der Waals surface area contributed by atoms with Crippen LogP contribution >= 0.6 is 22.6 Å². The number of halogens is 1. The Balaban J connectivity index is 2.19. The number of carbonyl (C=O) groups excluding carboxylic acids is 2. The molecule has 0 heterocycles. The van der Waals surface area contributed by atoms with Crippen LogP contribution in [0.2, 0.25) is 0 Å². The molecule has 1 rings (SSSR count). The molecule has 4 heteroatoms. The summed E-state index contributed by atoms with van der Waals surface area (Å²) in [5.41, 5.74) is 0.817. The molecule has 1 amide bonds. The molecule has 1 aromatic carbocycles. The zero-order valence-corrected chi connectivity index (χ0v) is 11.1. The van der Waals surface area contributed by atoms with Crippen LogP contribution in [-0.4, -0.2) is 9.70 Å². The first kappa shape index (κ1) is 13.2. The van der Waals surface area contributed by atoms with E-state index in [-0.39, 0.29) is 9.70 Å². The Kier molecular flexibility index (Phi) is 6.07. The van der Waals surface area contributed by atoms with E-state index in [4.69, 9.17) is 0 Å². The molecule has 0 atom stereocenters. The summed E-state index contributed by atoms with van der Waals surface area (Å²) in [4.78, 5) is 22.1. The Hall–Kier alpha value is -0.910. The van der Waals surface area contributed by atoms with Gasteiger partial charge in [-0.25, -0.2) is 0 Å². The molecule has 0 unspecified atom stereocenters. The molecule has 1 aromatic rings. The summed E-state index contributed by atoms with van der Waals surface area (Å²) in [6, 6.07) is 9.37. The maximum absolute atomic E-state index is 11.5. The van der Waals surface area contributed by atoms with Crippen molar-refractivity contribution in [3.8, 4) is 0 Å². The molecule has 0 saturated heterocycles. The quantitative estimate of drug-likeness (QED) is 0.494. The van der Waals surface area contributed by atoms with Crippen molar-refractivity contribution in [3.63, 3.8) is 0 Å². The molecule has 0 saturated carbocycles. The van der Waals surface area contributed by atoms with Crippen LogP contribution in [0.3, 0.4) is 0 Å². The van der Waals surface area contributed by atoms with Crippen LogP contribution in [-0.2, 0) is 9.59 Å². The summed E-state index contributed by atoms with van der Waals surface area (Å²) in [6.45, 7) is 0. The lowest BCUT2D eigenvalue weighted by atomic mass is 10.2. The van der Waals surface area contributed by atoms with Gasteiger partial charge in [-0.1, -0.05) is 18.2 Å². The summed E-state index contributed by atoms with van der Waals surface area (Å²) in [7, 11) is 0. The van der Waals surface area contributed by atoms with Gasteiger partial charge in [0.15, 0.2) is 3.79 Å². The minimum Gasteiger partial charge on any atom is -0.326 e. The number of anilines is 1. The van der Waals surface area contributed by atoms with Gasteiger partial charge in [-0.3, -0.25) is 9.59 Å². The number of carbonyl (C=O) groups is 2. The third-order valence-corrected chi connectivity index (χ3v) is 2.62. The molecule has 0 fully saturated rings. The maximum atomic E-state index is 11.5. The van der Waals surface area contributed by atoms with Crippen LogP contribution in [0.5, 0.6) is 0 Å². The number of benzene rings is 1. The Labute approximate surface area is 109 Å². The second-order valence-corrected chi connectivity index (χ2v) is 4.68. The molecule has 0 bridgehead atoms. The van der Waals surface area contributed by atoms with Crippen LogP contribution in [0.15, 0.2) is 30.3 Å². The van der Waals surface area contributed by atoms with Gasteiger partial charge < -0.3 is 5.32 Å². The average Bonchev–Trinajstić information content (AvgIpc) is 2.25. The summed E-state index contributed by atoms with van der Waals surface area (Å²) in [5.74, 6) is 0.00658. The molecule has 0 aromatic heterocycles. The van der Waals surface area contributed by atoms with Gasteiger partial charge in [0.1, 0.15) is 0 Å². The van der Waals surface area contributed by atoms with Gasteiger partial charge in [0.05, 0.1) is 0 Å². The molecule has 0 radical (unpaired) electrons. The minimum absolute atomic E-state index is 0.00658. The highest BCUT2D eigenvalue weighted by atomic mass is 127. The van der Waals surface area contributed by atoms with Crippen LogP contribution in [0, 0.1) is 0 Å². The van der Waals surface area contributed by atoms with E-state index in [2.05, 4.69) is 5.32 Å². The number of hydrogen-bond acceptors (Lipinski definition) is 2. The smallest absolute Gasteiger partial charge is 0.224 e. The van der Waals surface area contributed by atoms with Crippen LogP contribution < -0.4 is 5.32 Å². The normalized spacial score (nSPS) is 9.81. The number of unbranched alkanes of at least 4 members (excludes halogenated alkanes) is 1. The third-order valence-electron chi connectivity index (χ3n) is 2.08. The summed E-state index contributed by atoms with van der Waals surface area (Å²) in [6.07, 6.45) is 2.56. The van der Waals surface area contributed by atoms with E-state index in [1.807, 2.05) is 30.3 Å². The van der Waals surface area contributed by atoms with E-state index >= 15 is 0 Å². The van der Waals surface area contributed by atoms with Gasteiger partial charge in [-0.15, -0.1) is 0 Å². The molecular formula is C12H14INO2. The number of nitrogens with one attached hydrogen (secondary N) is 1. The first-order chi connectivity index (χ1) is 7.68. The van der Waals surface area contributed by atoms with Crippen molar-refractivity contribution in [2.75, 3.05) is 5.32 Å². The molecule has 16 heavy (non-hydrogen) atoms. The predicted octanol–water partition coefficient (Wildman–Crippen LogP) is 3.15. The average molecular weight is 331 g/mol. The summed E-state index contributed by atoms with van der Waals surface area (Å²) in [5, 5.41) is 2.80. The monoisotopic (exact) mass is 331 g/mol. The molecule has 0 aliphatic carbocycles. The topological polar surface area (TPSA) is 46.2 Å². The standard InChI is InChI=1S/C12H14INO2/c13-11(15)8-4-5-9-12(16)14-10-6-2-1-3-7-10/h1-3,6-7H,4-5,8-9H2,(H,14,16). The number of hydrogen-bond donors (Lipinski definition) is 1. The highest BCUT2D eigenvalue weighted by molar-refractivity contribution is 14.1. The fraction of sp³-hybridized carbons (Fsp3) is 0.333. The van der Waals surface area contributed by atoms with Crippen molar-refractivity contribution < 1.29 is 9.59 Å². The van der Waals surface area contributed by atoms with Crippen molar-refractivity contribution in [2.45, 2.75) is 25.7 Å². The lowest BCUT2D eigenvalue weighted by molar-refractivity contribution is -0.116. The molecule has 3 nitrogen and oxygen atoms in total. The second kappa shape index (κ2) is 7.38. The maximum Gasteiger partial charge on any atom is 0.224 e. The highest BCUT2D eigenvalue weighted by Gasteiger charge is 2.02. The van der Waals surface area contributed by atoms with Crippen LogP contribution in [0.25, 0.3) is 0 Å². The van der Waals surface area contributed by atoms with Gasteiger partial charge >= 0.3 is 0 Å². The van der Waals surface area contributed by atoms with E-state index < -0.39 is 0 Å². The van der Waals surface area contributed by atoms with Gasteiger partial charge in [-0.2, -0.15) is 0 Å². The van der Waals surface area contributed by atoms with Crippen molar-refractivity contribution in [3.05, 3.63) is 30.3 Å².